The molecule has 1 aromatic carbocycles. The number of hydrogen-bond acceptors (Lipinski definition) is 3. The second kappa shape index (κ2) is 6.27. The van der Waals surface area contributed by atoms with Crippen molar-refractivity contribution < 1.29 is 4.74 Å². The Morgan fingerprint density at radius 1 is 1.33 bits per heavy atom. The van der Waals surface area contributed by atoms with Crippen molar-refractivity contribution in [3.8, 4) is 5.75 Å². The van der Waals surface area contributed by atoms with E-state index < -0.39 is 0 Å². The quantitative estimate of drug-likeness (QED) is 0.933. The highest BCUT2D eigenvalue weighted by Crippen LogP contribution is 2.35. The molecule has 1 N–H and O–H groups in total. The lowest BCUT2D eigenvalue weighted by molar-refractivity contribution is 0.283. The SMILES string of the molecule is CCNC(c1ccnc(C)c1)c1cccc2c1OCCC2. The van der Waals surface area contributed by atoms with E-state index >= 15 is 0 Å². The van der Waals surface area contributed by atoms with Crippen LogP contribution in [-0.2, 0) is 6.42 Å². The van der Waals surface area contributed by atoms with Crippen LogP contribution in [-0.4, -0.2) is 18.1 Å². The molecule has 0 saturated heterocycles. The largest absolute Gasteiger partial charge is 0.493 e. The van der Waals surface area contributed by atoms with Crippen LogP contribution >= 0.6 is 0 Å². The van der Waals surface area contributed by atoms with Gasteiger partial charge >= 0.3 is 0 Å². The van der Waals surface area contributed by atoms with Crippen LogP contribution in [0.4, 0.5) is 0 Å². The van der Waals surface area contributed by atoms with Gasteiger partial charge in [-0.2, -0.15) is 0 Å². The Morgan fingerprint density at radius 3 is 3.05 bits per heavy atom. The van der Waals surface area contributed by atoms with Gasteiger partial charge in [0.2, 0.25) is 0 Å². The first-order valence-electron chi connectivity index (χ1n) is 7.70. The molecule has 21 heavy (non-hydrogen) atoms. The molecule has 1 aliphatic heterocycles. The normalized spacial score (nSPS) is 15.1. The first kappa shape index (κ1) is 14.1. The zero-order valence-electron chi connectivity index (χ0n) is 12.7. The van der Waals surface area contributed by atoms with Crippen molar-refractivity contribution >= 4 is 0 Å². The fourth-order valence-corrected chi connectivity index (χ4v) is 3.00. The minimum atomic E-state index is 0.157. The van der Waals surface area contributed by atoms with Crippen LogP contribution in [0.3, 0.4) is 0 Å². The summed E-state index contributed by atoms with van der Waals surface area (Å²) in [5.41, 5.74) is 4.85. The summed E-state index contributed by atoms with van der Waals surface area (Å²) in [6, 6.07) is 10.9. The van der Waals surface area contributed by atoms with Crippen LogP contribution in [0.2, 0.25) is 0 Å². The number of nitrogens with zero attached hydrogens (tertiary/aromatic N) is 1. The van der Waals surface area contributed by atoms with E-state index in [-0.39, 0.29) is 6.04 Å². The molecule has 0 bridgehead atoms. The number of para-hydroxylation sites is 1. The van der Waals surface area contributed by atoms with Gasteiger partial charge in [0.15, 0.2) is 0 Å². The highest BCUT2D eigenvalue weighted by atomic mass is 16.5. The average molecular weight is 282 g/mol. The second-order valence-electron chi connectivity index (χ2n) is 5.51. The summed E-state index contributed by atoms with van der Waals surface area (Å²) >= 11 is 0. The van der Waals surface area contributed by atoms with Crippen molar-refractivity contribution in [3.63, 3.8) is 0 Å². The zero-order valence-corrected chi connectivity index (χ0v) is 12.7. The Hall–Kier alpha value is -1.87. The summed E-state index contributed by atoms with van der Waals surface area (Å²) in [6.45, 7) is 5.90. The van der Waals surface area contributed by atoms with Crippen molar-refractivity contribution in [1.29, 1.82) is 0 Å². The van der Waals surface area contributed by atoms with Gasteiger partial charge < -0.3 is 10.1 Å². The van der Waals surface area contributed by atoms with Gasteiger partial charge in [0.05, 0.1) is 12.6 Å². The topological polar surface area (TPSA) is 34.2 Å². The lowest BCUT2D eigenvalue weighted by atomic mass is 9.94. The van der Waals surface area contributed by atoms with Gasteiger partial charge in [0.1, 0.15) is 5.75 Å². The summed E-state index contributed by atoms with van der Waals surface area (Å²) in [5, 5.41) is 3.58. The fourth-order valence-electron chi connectivity index (χ4n) is 3.00. The number of aryl methyl sites for hydroxylation is 2. The van der Waals surface area contributed by atoms with Crippen molar-refractivity contribution in [2.24, 2.45) is 0 Å². The van der Waals surface area contributed by atoms with Crippen molar-refractivity contribution in [2.75, 3.05) is 13.2 Å². The fraction of sp³-hybridized carbons (Fsp3) is 0.389. The summed E-state index contributed by atoms with van der Waals surface area (Å²) < 4.78 is 5.98. The van der Waals surface area contributed by atoms with Gasteiger partial charge in [-0.3, -0.25) is 4.98 Å². The van der Waals surface area contributed by atoms with Gasteiger partial charge in [-0.15, -0.1) is 0 Å². The molecule has 110 valence electrons. The van der Waals surface area contributed by atoms with Crippen LogP contribution in [0, 0.1) is 6.92 Å². The first-order valence-corrected chi connectivity index (χ1v) is 7.70. The minimum Gasteiger partial charge on any atom is -0.493 e. The number of fused-ring (bicyclic) bond motifs is 1. The molecule has 1 atom stereocenters. The molecule has 2 aromatic rings. The van der Waals surface area contributed by atoms with E-state index in [2.05, 4.69) is 47.6 Å². The van der Waals surface area contributed by atoms with Crippen LogP contribution < -0.4 is 10.1 Å². The van der Waals surface area contributed by atoms with Gasteiger partial charge in [-0.1, -0.05) is 25.1 Å². The molecule has 2 heterocycles. The summed E-state index contributed by atoms with van der Waals surface area (Å²) in [5.74, 6) is 1.07. The third kappa shape index (κ3) is 2.93. The molecule has 0 amide bonds. The predicted octanol–water partition coefficient (Wildman–Crippen LogP) is 3.41. The molecule has 1 unspecified atom stereocenters. The Bertz CT molecular complexity index is 624. The number of rotatable bonds is 4. The molecule has 1 aliphatic rings. The Balaban J connectivity index is 2.05. The third-order valence-corrected chi connectivity index (χ3v) is 3.94. The Kier molecular flexibility index (Phi) is 4.20. The lowest BCUT2D eigenvalue weighted by Crippen LogP contribution is -2.24. The number of ether oxygens (including phenoxy) is 1. The van der Waals surface area contributed by atoms with E-state index in [4.69, 9.17) is 4.74 Å². The van der Waals surface area contributed by atoms with Gasteiger partial charge in [-0.25, -0.2) is 0 Å². The van der Waals surface area contributed by atoms with Crippen LogP contribution in [0.5, 0.6) is 5.75 Å². The molecule has 3 nitrogen and oxygen atoms in total. The monoisotopic (exact) mass is 282 g/mol. The van der Waals surface area contributed by atoms with Crippen LogP contribution in [0.1, 0.15) is 41.8 Å². The molecule has 3 rings (SSSR count). The van der Waals surface area contributed by atoms with E-state index in [1.807, 2.05) is 13.1 Å². The van der Waals surface area contributed by atoms with Gasteiger partial charge in [-0.05, 0) is 49.6 Å². The molecule has 3 heteroatoms. The number of aromatic nitrogens is 1. The predicted molar refractivity (Wildman–Crippen MR) is 84.8 cm³/mol. The summed E-state index contributed by atoms with van der Waals surface area (Å²) in [6.07, 6.45) is 4.10. The van der Waals surface area contributed by atoms with E-state index in [9.17, 15) is 0 Å². The van der Waals surface area contributed by atoms with Crippen LogP contribution in [0.25, 0.3) is 0 Å². The maximum atomic E-state index is 5.98. The molecule has 0 radical (unpaired) electrons. The lowest BCUT2D eigenvalue weighted by Gasteiger charge is -2.26. The number of hydrogen-bond donors (Lipinski definition) is 1. The first-order chi connectivity index (χ1) is 10.3. The van der Waals surface area contributed by atoms with Crippen molar-refractivity contribution in [3.05, 3.63) is 58.9 Å². The van der Waals surface area contributed by atoms with E-state index in [1.165, 1.54) is 16.7 Å². The second-order valence-corrected chi connectivity index (χ2v) is 5.51. The highest BCUT2D eigenvalue weighted by molar-refractivity contribution is 5.47. The molecular weight excluding hydrogens is 260 g/mol. The average Bonchev–Trinajstić information content (AvgIpc) is 2.52. The van der Waals surface area contributed by atoms with E-state index in [0.29, 0.717) is 0 Å². The number of pyridine rings is 1. The van der Waals surface area contributed by atoms with E-state index in [0.717, 1.165) is 37.4 Å². The standard InChI is InChI=1S/C18H22N2O/c1-3-19-17(15-9-10-20-13(2)12-15)16-8-4-6-14-7-5-11-21-18(14)16/h4,6,8-10,12,17,19H,3,5,7,11H2,1-2H3. The maximum Gasteiger partial charge on any atom is 0.127 e. The summed E-state index contributed by atoms with van der Waals surface area (Å²) in [4.78, 5) is 4.30. The maximum absolute atomic E-state index is 5.98. The Morgan fingerprint density at radius 2 is 2.24 bits per heavy atom. The molecule has 0 fully saturated rings. The molecule has 0 aliphatic carbocycles. The smallest absolute Gasteiger partial charge is 0.127 e. The van der Waals surface area contributed by atoms with Gasteiger partial charge in [0.25, 0.3) is 0 Å². The minimum absolute atomic E-state index is 0.157. The van der Waals surface area contributed by atoms with E-state index in [1.54, 1.807) is 0 Å². The number of benzene rings is 1. The molecular formula is C18H22N2O. The number of nitrogens with one attached hydrogen (secondary N) is 1. The van der Waals surface area contributed by atoms with Crippen molar-refractivity contribution in [1.82, 2.24) is 10.3 Å². The molecule has 1 aromatic heterocycles. The zero-order chi connectivity index (χ0) is 14.7. The highest BCUT2D eigenvalue weighted by Gasteiger charge is 2.21. The molecule has 0 saturated carbocycles. The molecule has 0 spiro atoms. The summed E-state index contributed by atoms with van der Waals surface area (Å²) in [7, 11) is 0. The van der Waals surface area contributed by atoms with Crippen LogP contribution in [0.15, 0.2) is 36.5 Å². The van der Waals surface area contributed by atoms with Crippen molar-refractivity contribution in [2.45, 2.75) is 32.7 Å². The van der Waals surface area contributed by atoms with Gasteiger partial charge in [0, 0.05) is 17.5 Å². The Labute approximate surface area is 126 Å². The third-order valence-electron chi connectivity index (χ3n) is 3.94.